The first-order chi connectivity index (χ1) is 10.7. The predicted molar refractivity (Wildman–Crippen MR) is 104 cm³/mol. The largest absolute Gasteiger partial charge is 0.301 e. The molecule has 2 rings (SSSR count). The van der Waals surface area contributed by atoms with Crippen LogP contribution < -0.4 is 0 Å². The molecule has 2 nitrogen and oxygen atoms in total. The van der Waals surface area contributed by atoms with Crippen LogP contribution in [-0.2, 0) is 0 Å². The molecule has 2 heteroatoms. The summed E-state index contributed by atoms with van der Waals surface area (Å²) >= 11 is 0. The molecule has 2 saturated heterocycles. The van der Waals surface area contributed by atoms with Crippen molar-refractivity contribution in [1.82, 2.24) is 9.80 Å². The second-order valence-corrected chi connectivity index (χ2v) is 9.12. The molecule has 2 atom stereocenters. The van der Waals surface area contributed by atoms with Gasteiger partial charge in [-0.2, -0.15) is 0 Å². The Morgan fingerprint density at radius 1 is 0.609 bits per heavy atom. The van der Waals surface area contributed by atoms with Crippen molar-refractivity contribution in [3.63, 3.8) is 0 Å². The van der Waals surface area contributed by atoms with Crippen LogP contribution in [0.5, 0.6) is 0 Å². The van der Waals surface area contributed by atoms with Crippen molar-refractivity contribution >= 4 is 0 Å². The minimum atomic E-state index is 0.742. The summed E-state index contributed by atoms with van der Waals surface area (Å²) in [6, 6.07) is 1.49. The van der Waals surface area contributed by atoms with E-state index in [2.05, 4.69) is 65.2 Å². The van der Waals surface area contributed by atoms with Gasteiger partial charge in [-0.15, -0.1) is 0 Å². The monoisotopic (exact) mass is 324 g/mol. The third-order valence-electron chi connectivity index (χ3n) is 6.09. The summed E-state index contributed by atoms with van der Waals surface area (Å²) in [7, 11) is 0. The molecule has 0 bridgehead atoms. The quantitative estimate of drug-likeness (QED) is 0.707. The molecule has 0 amide bonds. The molecule has 2 aliphatic rings. The van der Waals surface area contributed by atoms with Crippen molar-refractivity contribution in [2.75, 3.05) is 26.2 Å². The molecule has 0 aromatic carbocycles. The van der Waals surface area contributed by atoms with Gasteiger partial charge in [0, 0.05) is 25.2 Å². The maximum Gasteiger partial charge on any atom is 0.00387 e. The van der Waals surface area contributed by atoms with E-state index >= 15 is 0 Å². The lowest BCUT2D eigenvalue weighted by Crippen LogP contribution is -2.41. The van der Waals surface area contributed by atoms with Crippen molar-refractivity contribution in [2.45, 2.75) is 86.7 Å². The third-order valence-corrected chi connectivity index (χ3v) is 6.09. The Balaban J connectivity index is 0.000000231. The topological polar surface area (TPSA) is 6.48 Å². The molecule has 23 heavy (non-hydrogen) atoms. The van der Waals surface area contributed by atoms with E-state index in [1.165, 1.54) is 45.4 Å². The van der Waals surface area contributed by atoms with E-state index < -0.39 is 0 Å². The Morgan fingerprint density at radius 3 is 1.39 bits per heavy atom. The van der Waals surface area contributed by atoms with Crippen molar-refractivity contribution in [3.05, 3.63) is 0 Å². The molecular formula is C21H44N2. The molecular weight excluding hydrogens is 280 g/mol. The van der Waals surface area contributed by atoms with Crippen LogP contribution in [0.1, 0.15) is 74.7 Å². The highest BCUT2D eigenvalue weighted by atomic mass is 15.2. The molecule has 0 saturated carbocycles. The molecule has 0 aromatic rings. The number of nitrogens with zero attached hydrogens (tertiary/aromatic N) is 2. The smallest absolute Gasteiger partial charge is 0.00387 e. The first kappa shape index (κ1) is 21.0. The molecule has 0 spiro atoms. The van der Waals surface area contributed by atoms with E-state index in [0.29, 0.717) is 0 Å². The Bertz CT molecular complexity index is 281. The normalized spacial score (nSPS) is 27.1. The lowest BCUT2D eigenvalue weighted by atomic mass is 9.87. The van der Waals surface area contributed by atoms with Gasteiger partial charge < -0.3 is 9.80 Å². The molecule has 0 aromatic heterocycles. The van der Waals surface area contributed by atoms with Crippen LogP contribution in [0.4, 0.5) is 0 Å². The standard InChI is InChI=1S/C11H23N.C10H21N/c1-9(2)11-6-5-7-12(8-11)10(3)4;1-8(2)10-5-6-11(7-10)9(3)4/h9-11H,5-8H2,1-4H3;8-10H,5-7H2,1-4H3/t11-;10-/m11/s1. The lowest BCUT2D eigenvalue weighted by molar-refractivity contribution is 0.117. The van der Waals surface area contributed by atoms with Crippen LogP contribution in [-0.4, -0.2) is 48.1 Å². The average Bonchev–Trinajstić information content (AvgIpc) is 2.98. The maximum atomic E-state index is 2.62. The van der Waals surface area contributed by atoms with Crippen LogP contribution in [0.25, 0.3) is 0 Å². The van der Waals surface area contributed by atoms with Gasteiger partial charge in [0.2, 0.25) is 0 Å². The molecule has 0 unspecified atom stereocenters. The first-order valence-corrected chi connectivity index (χ1v) is 10.2. The number of likely N-dealkylation sites (tertiary alicyclic amines) is 2. The van der Waals surface area contributed by atoms with Crippen LogP contribution in [0.15, 0.2) is 0 Å². The summed E-state index contributed by atoms with van der Waals surface area (Å²) in [4.78, 5) is 5.21. The van der Waals surface area contributed by atoms with E-state index in [1.807, 2.05) is 0 Å². The number of hydrogen-bond acceptors (Lipinski definition) is 2. The average molecular weight is 325 g/mol. The molecule has 0 N–H and O–H groups in total. The zero-order chi connectivity index (χ0) is 17.6. The van der Waals surface area contributed by atoms with Gasteiger partial charge in [-0.05, 0) is 83.7 Å². The van der Waals surface area contributed by atoms with Gasteiger partial charge in [-0.3, -0.25) is 0 Å². The van der Waals surface area contributed by atoms with Crippen molar-refractivity contribution in [3.8, 4) is 0 Å². The summed E-state index contributed by atoms with van der Waals surface area (Å²) in [6.45, 7) is 23.9. The molecule has 2 fully saturated rings. The summed E-state index contributed by atoms with van der Waals surface area (Å²) < 4.78 is 0. The molecule has 0 radical (unpaired) electrons. The van der Waals surface area contributed by atoms with Gasteiger partial charge in [0.15, 0.2) is 0 Å². The fourth-order valence-corrected chi connectivity index (χ4v) is 3.88. The summed E-state index contributed by atoms with van der Waals surface area (Å²) in [5.41, 5.74) is 0. The van der Waals surface area contributed by atoms with Crippen molar-refractivity contribution in [1.29, 1.82) is 0 Å². The molecule has 0 aliphatic carbocycles. The van der Waals surface area contributed by atoms with Gasteiger partial charge in [0.05, 0.1) is 0 Å². The van der Waals surface area contributed by atoms with E-state index in [1.54, 1.807) is 0 Å². The van der Waals surface area contributed by atoms with E-state index in [9.17, 15) is 0 Å². The first-order valence-electron chi connectivity index (χ1n) is 10.2. The highest BCUT2D eigenvalue weighted by Gasteiger charge is 2.26. The van der Waals surface area contributed by atoms with Gasteiger partial charge in [-0.1, -0.05) is 27.7 Å². The van der Waals surface area contributed by atoms with Crippen LogP contribution >= 0.6 is 0 Å². The number of piperidine rings is 1. The highest BCUT2D eigenvalue weighted by molar-refractivity contribution is 4.79. The second-order valence-electron chi connectivity index (χ2n) is 9.12. The fourth-order valence-electron chi connectivity index (χ4n) is 3.88. The maximum absolute atomic E-state index is 2.62. The molecule has 138 valence electrons. The SMILES string of the molecule is CC(C)[C@@H]1CCCN(C(C)C)C1.CC(C)[C@@H]1CCN(C(C)C)C1. The number of rotatable bonds is 4. The highest BCUT2D eigenvalue weighted by Crippen LogP contribution is 2.25. The number of hydrogen-bond donors (Lipinski definition) is 0. The predicted octanol–water partition coefficient (Wildman–Crippen LogP) is 5.14. The fraction of sp³-hybridized carbons (Fsp3) is 1.00. The minimum absolute atomic E-state index is 0.742. The van der Waals surface area contributed by atoms with Crippen LogP contribution in [0.3, 0.4) is 0 Å². The Hall–Kier alpha value is -0.0800. The summed E-state index contributed by atoms with van der Waals surface area (Å²) in [5.74, 6) is 3.64. The zero-order valence-corrected chi connectivity index (χ0v) is 17.3. The molecule has 2 aliphatic heterocycles. The van der Waals surface area contributed by atoms with Gasteiger partial charge in [-0.25, -0.2) is 0 Å². The van der Waals surface area contributed by atoms with Crippen molar-refractivity contribution < 1.29 is 0 Å². The Kier molecular flexibility index (Phi) is 9.15. The van der Waals surface area contributed by atoms with Crippen LogP contribution in [0.2, 0.25) is 0 Å². The lowest BCUT2D eigenvalue weighted by Gasteiger charge is -2.37. The zero-order valence-electron chi connectivity index (χ0n) is 17.3. The third kappa shape index (κ3) is 7.13. The van der Waals surface area contributed by atoms with E-state index in [4.69, 9.17) is 0 Å². The Morgan fingerprint density at radius 2 is 1.04 bits per heavy atom. The van der Waals surface area contributed by atoms with E-state index in [-0.39, 0.29) is 0 Å². The van der Waals surface area contributed by atoms with Crippen LogP contribution in [0, 0.1) is 23.7 Å². The van der Waals surface area contributed by atoms with Gasteiger partial charge >= 0.3 is 0 Å². The van der Waals surface area contributed by atoms with Gasteiger partial charge in [0.25, 0.3) is 0 Å². The summed E-state index contributed by atoms with van der Waals surface area (Å²) in [6.07, 6.45) is 4.26. The van der Waals surface area contributed by atoms with E-state index in [0.717, 1.165) is 35.8 Å². The summed E-state index contributed by atoms with van der Waals surface area (Å²) in [5, 5.41) is 0. The molecule has 2 heterocycles. The Labute approximate surface area is 147 Å². The second kappa shape index (κ2) is 10.0. The van der Waals surface area contributed by atoms with Crippen molar-refractivity contribution in [2.24, 2.45) is 23.7 Å². The van der Waals surface area contributed by atoms with Gasteiger partial charge in [0.1, 0.15) is 0 Å². The minimum Gasteiger partial charge on any atom is -0.301 e.